The van der Waals surface area contributed by atoms with Crippen LogP contribution in [0.25, 0.3) is 0 Å². The molecule has 2 heterocycles. The van der Waals surface area contributed by atoms with Crippen LogP contribution < -0.4 is 5.32 Å². The van der Waals surface area contributed by atoms with Gasteiger partial charge in [0.05, 0.1) is 6.54 Å². The summed E-state index contributed by atoms with van der Waals surface area (Å²) in [6.07, 6.45) is 2.18. The smallest absolute Gasteiger partial charge is 0.223 e. The molecule has 0 saturated heterocycles. The summed E-state index contributed by atoms with van der Waals surface area (Å²) < 4.78 is 4.87. The zero-order valence-corrected chi connectivity index (χ0v) is 10.3. The number of anilines is 1. The summed E-state index contributed by atoms with van der Waals surface area (Å²) in [5.74, 6) is 1.83. The first kappa shape index (κ1) is 11.8. The predicted molar refractivity (Wildman–Crippen MR) is 62.8 cm³/mol. The fraction of sp³-hybridized carbons (Fsp3) is 0.400. The number of aromatic nitrogens is 4. The first-order chi connectivity index (χ1) is 8.20. The maximum Gasteiger partial charge on any atom is 0.223 e. The van der Waals surface area contributed by atoms with E-state index in [1.165, 1.54) is 6.33 Å². The number of aryl methyl sites for hydroxylation is 1. The number of hydrogen-bond acceptors (Lipinski definition) is 6. The molecule has 0 aromatic carbocycles. The Labute approximate surface area is 103 Å². The molecule has 0 radical (unpaired) electrons. The second-order valence-corrected chi connectivity index (χ2v) is 3.79. The Morgan fingerprint density at radius 1 is 1.41 bits per heavy atom. The fourth-order valence-corrected chi connectivity index (χ4v) is 1.70. The van der Waals surface area contributed by atoms with E-state index < -0.39 is 0 Å². The molecule has 17 heavy (non-hydrogen) atoms. The van der Waals surface area contributed by atoms with E-state index in [0.29, 0.717) is 29.2 Å². The summed E-state index contributed by atoms with van der Waals surface area (Å²) in [5.41, 5.74) is 0.884. The molecule has 0 unspecified atom stereocenters. The highest BCUT2D eigenvalue weighted by Gasteiger charge is 2.09. The topological polar surface area (TPSA) is 76.7 Å². The molecule has 90 valence electrons. The van der Waals surface area contributed by atoms with Crippen molar-refractivity contribution in [3.05, 3.63) is 28.8 Å². The lowest BCUT2D eigenvalue weighted by Crippen LogP contribution is -2.06. The lowest BCUT2D eigenvalue weighted by molar-refractivity contribution is 0.388. The Bertz CT molecular complexity index is 513. The minimum atomic E-state index is 0.442. The van der Waals surface area contributed by atoms with Crippen LogP contribution in [0.5, 0.6) is 0 Å². The van der Waals surface area contributed by atoms with Gasteiger partial charge >= 0.3 is 0 Å². The Kier molecular flexibility index (Phi) is 3.53. The highest BCUT2D eigenvalue weighted by Crippen LogP contribution is 2.20. The first-order valence-corrected chi connectivity index (χ1v) is 5.61. The molecule has 0 amide bonds. The molecule has 0 spiro atoms. The highest BCUT2D eigenvalue weighted by atomic mass is 35.5. The normalized spacial score (nSPS) is 10.5. The molecule has 2 rings (SSSR count). The van der Waals surface area contributed by atoms with Gasteiger partial charge in [0.1, 0.15) is 17.3 Å². The quantitative estimate of drug-likeness (QED) is 0.840. The molecule has 0 aliphatic rings. The van der Waals surface area contributed by atoms with E-state index >= 15 is 0 Å². The molecular formula is C10H12ClN5O. The van der Waals surface area contributed by atoms with Gasteiger partial charge in [-0.05, 0) is 6.42 Å². The van der Waals surface area contributed by atoms with Crippen LogP contribution >= 0.6 is 11.6 Å². The van der Waals surface area contributed by atoms with Crippen LogP contribution in [-0.2, 0) is 13.0 Å². The molecule has 0 saturated carbocycles. The minimum absolute atomic E-state index is 0.442. The average Bonchev–Trinajstić information content (AvgIpc) is 2.72. The van der Waals surface area contributed by atoms with Crippen molar-refractivity contribution in [2.75, 3.05) is 5.32 Å². The van der Waals surface area contributed by atoms with Crippen molar-refractivity contribution in [1.29, 1.82) is 0 Å². The van der Waals surface area contributed by atoms with Crippen LogP contribution in [-0.4, -0.2) is 20.1 Å². The number of hydrogen-bond donors (Lipinski definition) is 1. The van der Waals surface area contributed by atoms with Crippen LogP contribution in [0, 0.1) is 6.92 Å². The molecule has 1 N–H and O–H groups in total. The van der Waals surface area contributed by atoms with Gasteiger partial charge in [0.25, 0.3) is 0 Å². The lowest BCUT2D eigenvalue weighted by atomic mass is 10.2. The van der Waals surface area contributed by atoms with E-state index in [4.69, 9.17) is 16.1 Å². The van der Waals surface area contributed by atoms with Gasteiger partial charge in [-0.2, -0.15) is 4.98 Å². The summed E-state index contributed by atoms with van der Waals surface area (Å²) in [4.78, 5) is 12.2. The zero-order valence-electron chi connectivity index (χ0n) is 9.57. The largest absolute Gasteiger partial charge is 0.362 e. The summed E-state index contributed by atoms with van der Waals surface area (Å²) in [6, 6.07) is 0. The van der Waals surface area contributed by atoms with Crippen molar-refractivity contribution in [2.45, 2.75) is 26.8 Å². The second kappa shape index (κ2) is 5.09. The molecule has 0 atom stereocenters. The maximum absolute atomic E-state index is 5.97. The number of rotatable bonds is 4. The molecular weight excluding hydrogens is 242 g/mol. The third-order valence-corrected chi connectivity index (χ3v) is 2.56. The highest BCUT2D eigenvalue weighted by molar-refractivity contribution is 6.30. The van der Waals surface area contributed by atoms with E-state index in [2.05, 4.69) is 25.4 Å². The van der Waals surface area contributed by atoms with E-state index in [1.807, 2.05) is 6.92 Å². The third-order valence-electron chi connectivity index (χ3n) is 2.23. The summed E-state index contributed by atoms with van der Waals surface area (Å²) >= 11 is 5.97. The molecule has 0 aliphatic carbocycles. The second-order valence-electron chi connectivity index (χ2n) is 3.43. The van der Waals surface area contributed by atoms with Crippen LogP contribution in [0.1, 0.15) is 24.2 Å². The SMILES string of the molecule is CCc1c(Cl)ncnc1NCc1noc(C)n1. The van der Waals surface area contributed by atoms with Gasteiger partial charge in [-0.15, -0.1) is 0 Å². The molecule has 0 bridgehead atoms. The average molecular weight is 254 g/mol. The third kappa shape index (κ3) is 2.71. The number of nitrogens with zero attached hydrogens (tertiary/aromatic N) is 4. The molecule has 0 aliphatic heterocycles. The fourth-order valence-electron chi connectivity index (χ4n) is 1.43. The zero-order chi connectivity index (χ0) is 12.3. The van der Waals surface area contributed by atoms with Gasteiger partial charge in [0, 0.05) is 12.5 Å². The van der Waals surface area contributed by atoms with E-state index in [-0.39, 0.29) is 0 Å². The number of halogens is 1. The van der Waals surface area contributed by atoms with Gasteiger partial charge < -0.3 is 9.84 Å². The Hall–Kier alpha value is -1.69. The summed E-state index contributed by atoms with van der Waals surface area (Å²) in [6.45, 7) is 4.18. The van der Waals surface area contributed by atoms with E-state index in [9.17, 15) is 0 Å². The first-order valence-electron chi connectivity index (χ1n) is 5.23. The van der Waals surface area contributed by atoms with Crippen molar-refractivity contribution in [2.24, 2.45) is 0 Å². The van der Waals surface area contributed by atoms with Gasteiger partial charge in [0.15, 0.2) is 5.82 Å². The predicted octanol–water partition coefficient (Wildman–Crippen LogP) is 2.00. The van der Waals surface area contributed by atoms with Crippen molar-refractivity contribution < 1.29 is 4.52 Å². The van der Waals surface area contributed by atoms with Crippen molar-refractivity contribution >= 4 is 17.4 Å². The maximum atomic E-state index is 5.97. The van der Waals surface area contributed by atoms with E-state index in [1.54, 1.807) is 6.92 Å². The van der Waals surface area contributed by atoms with Crippen LogP contribution in [0.4, 0.5) is 5.82 Å². The van der Waals surface area contributed by atoms with Gasteiger partial charge in [0.2, 0.25) is 5.89 Å². The van der Waals surface area contributed by atoms with Crippen molar-refractivity contribution in [3.63, 3.8) is 0 Å². The molecule has 2 aromatic heterocycles. The summed E-state index contributed by atoms with van der Waals surface area (Å²) in [5, 5.41) is 7.36. The molecule has 6 nitrogen and oxygen atoms in total. The van der Waals surface area contributed by atoms with Gasteiger partial charge in [-0.25, -0.2) is 9.97 Å². The van der Waals surface area contributed by atoms with Crippen molar-refractivity contribution in [3.8, 4) is 0 Å². The Morgan fingerprint density at radius 2 is 2.24 bits per heavy atom. The monoisotopic (exact) mass is 253 g/mol. The number of nitrogens with one attached hydrogen (secondary N) is 1. The van der Waals surface area contributed by atoms with Gasteiger partial charge in [-0.1, -0.05) is 23.7 Å². The van der Waals surface area contributed by atoms with Gasteiger partial charge in [-0.3, -0.25) is 0 Å². The molecule has 0 fully saturated rings. The minimum Gasteiger partial charge on any atom is -0.362 e. The van der Waals surface area contributed by atoms with Crippen LogP contribution in [0.2, 0.25) is 5.15 Å². The Balaban J connectivity index is 2.11. The van der Waals surface area contributed by atoms with Crippen LogP contribution in [0.3, 0.4) is 0 Å². The Morgan fingerprint density at radius 3 is 2.88 bits per heavy atom. The lowest BCUT2D eigenvalue weighted by Gasteiger charge is -2.08. The van der Waals surface area contributed by atoms with E-state index in [0.717, 1.165) is 12.0 Å². The molecule has 2 aromatic rings. The summed E-state index contributed by atoms with van der Waals surface area (Å²) in [7, 11) is 0. The van der Waals surface area contributed by atoms with Crippen LogP contribution in [0.15, 0.2) is 10.9 Å². The molecule has 7 heteroatoms. The van der Waals surface area contributed by atoms with Crippen molar-refractivity contribution in [1.82, 2.24) is 20.1 Å². The standard InChI is InChI=1S/C10H12ClN5O/c1-3-7-9(11)13-5-14-10(7)12-4-8-15-6(2)17-16-8/h5H,3-4H2,1-2H3,(H,12,13,14).